The van der Waals surface area contributed by atoms with Gasteiger partial charge in [0.05, 0.1) is 0 Å². The van der Waals surface area contributed by atoms with E-state index in [0.29, 0.717) is 0 Å². The number of aromatic nitrogens is 1. The van der Waals surface area contributed by atoms with E-state index in [4.69, 9.17) is 4.98 Å². The van der Waals surface area contributed by atoms with Crippen LogP contribution in [0, 0.1) is 0 Å². The van der Waals surface area contributed by atoms with E-state index in [2.05, 4.69) is 220 Å². The summed E-state index contributed by atoms with van der Waals surface area (Å²) in [4.78, 5) is 11.9. The highest BCUT2D eigenvalue weighted by Crippen LogP contribution is 2.46. The molecule has 298 valence electrons. The molecule has 7 aromatic rings. The average Bonchev–Trinajstić information content (AvgIpc) is 3.86. The number of benzene rings is 4. The van der Waals surface area contributed by atoms with Crippen LogP contribution in [0.25, 0.3) is 20.9 Å². The van der Waals surface area contributed by atoms with Gasteiger partial charge in [0.2, 0.25) is 0 Å². The minimum Gasteiger partial charge on any atom is -0.302 e. The van der Waals surface area contributed by atoms with Crippen molar-refractivity contribution in [2.75, 3.05) is 9.80 Å². The van der Waals surface area contributed by atoms with E-state index >= 15 is 0 Å². The molecular formula is C53H59N3S2. The molecule has 0 spiro atoms. The van der Waals surface area contributed by atoms with Crippen LogP contribution in [0.15, 0.2) is 140 Å². The maximum atomic E-state index is 4.80. The second kappa shape index (κ2) is 15.7. The Morgan fingerprint density at radius 3 is 0.845 bits per heavy atom. The molecule has 0 saturated heterocycles. The van der Waals surface area contributed by atoms with Gasteiger partial charge in [-0.25, -0.2) is 0 Å². The quantitative estimate of drug-likeness (QED) is 0.153. The smallest absolute Gasteiger partial charge is 0.101 e. The summed E-state index contributed by atoms with van der Waals surface area (Å²) in [5.74, 6) is 0. The third-order valence-corrected chi connectivity index (χ3v) is 13.1. The van der Waals surface area contributed by atoms with Crippen LogP contribution in [0.2, 0.25) is 0 Å². The van der Waals surface area contributed by atoms with Crippen molar-refractivity contribution in [3.8, 4) is 20.9 Å². The Hall–Kier alpha value is -4.97. The van der Waals surface area contributed by atoms with Gasteiger partial charge in [-0.3, -0.25) is 4.98 Å². The summed E-state index contributed by atoms with van der Waals surface area (Å²) < 4.78 is 0. The maximum absolute atomic E-state index is 4.80. The first-order chi connectivity index (χ1) is 27.3. The molecule has 0 atom stereocenters. The molecule has 5 heteroatoms. The van der Waals surface area contributed by atoms with Crippen LogP contribution in [0.1, 0.15) is 105 Å². The molecule has 0 N–H and O–H groups in total. The SMILES string of the molecule is CC(C)(C)c1ccc(N(c2ccc(C(C)(C)C)cc2)c2ccc(-c3cncc(-c4ccc(N(c5ccc(C(C)(C)C)cc5)c5ccc(C(C)(C)C)cc5)s4)c3)s2)cc1. The third-order valence-electron chi connectivity index (χ3n) is 10.9. The second-order valence-electron chi connectivity index (χ2n) is 19.6. The first-order valence-corrected chi connectivity index (χ1v) is 22.1. The molecule has 4 aromatic carbocycles. The molecule has 3 aromatic heterocycles. The predicted molar refractivity (Wildman–Crippen MR) is 255 cm³/mol. The summed E-state index contributed by atoms with van der Waals surface area (Å²) in [6.07, 6.45) is 3.99. The van der Waals surface area contributed by atoms with E-state index in [-0.39, 0.29) is 21.7 Å². The Bertz CT molecular complexity index is 2170. The van der Waals surface area contributed by atoms with Gasteiger partial charge in [-0.2, -0.15) is 0 Å². The molecule has 0 aliphatic heterocycles. The molecular weight excluding hydrogens is 743 g/mol. The largest absolute Gasteiger partial charge is 0.302 e. The van der Waals surface area contributed by atoms with Gasteiger partial charge in [0.1, 0.15) is 10.0 Å². The van der Waals surface area contributed by atoms with Gasteiger partial charge in [-0.15, -0.1) is 22.7 Å². The summed E-state index contributed by atoms with van der Waals surface area (Å²) >= 11 is 3.60. The number of nitrogens with zero attached hydrogens (tertiary/aromatic N) is 3. The summed E-state index contributed by atoms with van der Waals surface area (Å²) in [5, 5.41) is 2.33. The number of hydrogen-bond donors (Lipinski definition) is 0. The van der Waals surface area contributed by atoms with E-state index in [1.165, 1.54) is 32.0 Å². The Kier molecular flexibility index (Phi) is 11.1. The van der Waals surface area contributed by atoms with Crippen LogP contribution in [-0.2, 0) is 21.7 Å². The Balaban J connectivity index is 1.22. The van der Waals surface area contributed by atoms with Crippen molar-refractivity contribution in [2.24, 2.45) is 0 Å². The molecule has 7 rings (SSSR count). The lowest BCUT2D eigenvalue weighted by molar-refractivity contribution is 0.590. The number of thiophene rings is 2. The summed E-state index contributed by atoms with van der Waals surface area (Å²) in [6, 6.07) is 47.5. The Labute approximate surface area is 356 Å². The predicted octanol–water partition coefficient (Wildman–Crippen LogP) is 16.7. The molecule has 58 heavy (non-hydrogen) atoms. The van der Waals surface area contributed by atoms with Crippen LogP contribution < -0.4 is 9.80 Å². The molecule has 0 fully saturated rings. The van der Waals surface area contributed by atoms with Crippen molar-refractivity contribution in [3.63, 3.8) is 0 Å². The molecule has 0 aliphatic carbocycles. The number of hydrogen-bond acceptors (Lipinski definition) is 5. The zero-order chi connectivity index (χ0) is 41.6. The first-order valence-electron chi connectivity index (χ1n) is 20.4. The zero-order valence-electron chi connectivity index (χ0n) is 36.4. The van der Waals surface area contributed by atoms with E-state index < -0.39 is 0 Å². The molecule has 3 heterocycles. The van der Waals surface area contributed by atoms with Crippen molar-refractivity contribution in [2.45, 2.75) is 105 Å². The Morgan fingerprint density at radius 2 is 0.603 bits per heavy atom. The Morgan fingerprint density at radius 1 is 0.345 bits per heavy atom. The van der Waals surface area contributed by atoms with Crippen molar-refractivity contribution < 1.29 is 0 Å². The zero-order valence-corrected chi connectivity index (χ0v) is 38.1. The molecule has 0 saturated carbocycles. The standard InChI is InChI=1S/C53H59N3S2/c1-50(2,3)38-13-21-42(22-14-38)55(43-23-15-39(16-24-43)51(4,5)6)48-31-29-46(57-48)36-33-37(35-54-34-36)47-30-32-49(58-47)56(44-25-17-40(18-26-44)52(7,8)9)45-27-19-41(20-28-45)53(10,11)12/h13-35H,1-12H3. The molecule has 0 unspecified atom stereocenters. The monoisotopic (exact) mass is 801 g/mol. The topological polar surface area (TPSA) is 19.4 Å². The highest BCUT2D eigenvalue weighted by atomic mass is 32.1. The summed E-state index contributed by atoms with van der Waals surface area (Å²) in [6.45, 7) is 27.2. The third kappa shape index (κ3) is 9.02. The van der Waals surface area contributed by atoms with E-state index in [0.717, 1.165) is 43.9 Å². The molecule has 3 nitrogen and oxygen atoms in total. The summed E-state index contributed by atoms with van der Waals surface area (Å²) in [7, 11) is 0. The molecule has 0 radical (unpaired) electrons. The second-order valence-corrected chi connectivity index (χ2v) is 21.7. The minimum atomic E-state index is 0.0862. The van der Waals surface area contributed by atoms with Gasteiger partial charge in [-0.1, -0.05) is 132 Å². The van der Waals surface area contributed by atoms with Crippen LogP contribution in [-0.4, -0.2) is 4.98 Å². The highest BCUT2D eigenvalue weighted by molar-refractivity contribution is 7.20. The van der Waals surface area contributed by atoms with E-state index in [9.17, 15) is 0 Å². The van der Waals surface area contributed by atoms with Gasteiger partial charge in [0.15, 0.2) is 0 Å². The number of anilines is 6. The fourth-order valence-electron chi connectivity index (χ4n) is 7.16. The number of rotatable bonds is 8. The molecule has 0 bridgehead atoms. The van der Waals surface area contributed by atoms with Gasteiger partial charge in [0.25, 0.3) is 0 Å². The van der Waals surface area contributed by atoms with E-state index in [1.54, 1.807) is 22.7 Å². The van der Waals surface area contributed by atoms with Crippen molar-refractivity contribution >= 4 is 55.4 Å². The van der Waals surface area contributed by atoms with Crippen LogP contribution in [0.4, 0.5) is 32.8 Å². The van der Waals surface area contributed by atoms with Crippen LogP contribution >= 0.6 is 22.7 Å². The lowest BCUT2D eigenvalue weighted by Crippen LogP contribution is -2.13. The lowest BCUT2D eigenvalue weighted by atomic mass is 9.86. The first kappa shape index (κ1) is 41.2. The highest BCUT2D eigenvalue weighted by Gasteiger charge is 2.22. The summed E-state index contributed by atoms with van der Waals surface area (Å²) in [5.41, 5.74) is 12.5. The van der Waals surface area contributed by atoms with Gasteiger partial charge >= 0.3 is 0 Å². The molecule has 0 aliphatic rings. The van der Waals surface area contributed by atoms with Gasteiger partial charge in [-0.05, 0) is 123 Å². The van der Waals surface area contributed by atoms with Gasteiger partial charge < -0.3 is 9.80 Å². The van der Waals surface area contributed by atoms with Crippen molar-refractivity contribution in [3.05, 3.63) is 162 Å². The van der Waals surface area contributed by atoms with Crippen LogP contribution in [0.3, 0.4) is 0 Å². The fourth-order valence-corrected chi connectivity index (χ4v) is 9.22. The maximum Gasteiger partial charge on any atom is 0.101 e. The van der Waals surface area contributed by atoms with Crippen molar-refractivity contribution in [1.82, 2.24) is 4.98 Å². The van der Waals surface area contributed by atoms with Crippen LogP contribution in [0.5, 0.6) is 0 Å². The number of pyridine rings is 1. The fraction of sp³-hybridized carbons (Fsp3) is 0.302. The lowest BCUT2D eigenvalue weighted by Gasteiger charge is -2.26. The minimum absolute atomic E-state index is 0.0862. The van der Waals surface area contributed by atoms with E-state index in [1.807, 2.05) is 12.4 Å². The molecule has 0 amide bonds. The van der Waals surface area contributed by atoms with Gasteiger partial charge in [0, 0.05) is 56.0 Å². The average molecular weight is 802 g/mol. The van der Waals surface area contributed by atoms with Crippen molar-refractivity contribution in [1.29, 1.82) is 0 Å². The normalized spacial score (nSPS) is 12.5.